The van der Waals surface area contributed by atoms with Crippen LogP contribution < -0.4 is 19.5 Å². The first-order valence-corrected chi connectivity index (χ1v) is 12.4. The number of nitrogens with one attached hydrogen (secondary N) is 2. The quantitative estimate of drug-likeness (QED) is 0.382. The molecule has 0 saturated carbocycles. The third-order valence-electron chi connectivity index (χ3n) is 5.08. The van der Waals surface area contributed by atoms with Crippen molar-refractivity contribution in [1.29, 1.82) is 0 Å². The molecule has 4 aromatic rings. The molecule has 10 heteroatoms. The zero-order chi connectivity index (χ0) is 25.0. The average molecular weight is 493 g/mol. The van der Waals surface area contributed by atoms with Crippen molar-refractivity contribution >= 4 is 27.3 Å². The van der Waals surface area contributed by atoms with Crippen LogP contribution in [0.1, 0.15) is 10.4 Å². The summed E-state index contributed by atoms with van der Waals surface area (Å²) >= 11 is 0. The molecule has 35 heavy (non-hydrogen) atoms. The van der Waals surface area contributed by atoms with E-state index in [9.17, 15) is 13.2 Å². The van der Waals surface area contributed by atoms with Gasteiger partial charge < -0.3 is 14.8 Å². The van der Waals surface area contributed by atoms with Gasteiger partial charge in [-0.2, -0.15) is 5.10 Å². The van der Waals surface area contributed by atoms with Gasteiger partial charge in [-0.3, -0.25) is 9.52 Å². The minimum atomic E-state index is -3.39. The van der Waals surface area contributed by atoms with Crippen molar-refractivity contribution in [2.24, 2.45) is 0 Å². The summed E-state index contributed by atoms with van der Waals surface area (Å²) in [5.74, 6) is 0.702. The Bertz CT molecular complexity index is 1450. The zero-order valence-corrected chi connectivity index (χ0v) is 20.2. The second kappa shape index (κ2) is 9.90. The highest BCUT2D eigenvalue weighted by Crippen LogP contribution is 2.33. The highest BCUT2D eigenvalue weighted by Gasteiger charge is 2.20. The summed E-state index contributed by atoms with van der Waals surface area (Å²) in [6.45, 7) is 0. The van der Waals surface area contributed by atoms with Crippen molar-refractivity contribution < 1.29 is 22.7 Å². The van der Waals surface area contributed by atoms with E-state index in [0.29, 0.717) is 39.7 Å². The summed E-state index contributed by atoms with van der Waals surface area (Å²) in [6.07, 6.45) is 2.74. The maximum atomic E-state index is 13.3. The van der Waals surface area contributed by atoms with E-state index >= 15 is 0 Å². The summed E-state index contributed by atoms with van der Waals surface area (Å²) in [7, 11) is -0.300. The normalized spacial score (nSPS) is 11.1. The molecule has 1 aromatic heterocycles. The number of hydrogen-bond donors (Lipinski definition) is 2. The summed E-state index contributed by atoms with van der Waals surface area (Å²) in [6, 6.07) is 21.1. The smallest absolute Gasteiger partial charge is 0.259 e. The second-order valence-electron chi connectivity index (χ2n) is 7.65. The number of methoxy groups -OCH3 is 2. The van der Waals surface area contributed by atoms with Crippen molar-refractivity contribution in [1.82, 2.24) is 9.78 Å². The van der Waals surface area contributed by atoms with E-state index in [2.05, 4.69) is 15.1 Å². The lowest BCUT2D eigenvalue weighted by atomic mass is 10.1. The number of benzene rings is 3. The molecule has 0 atom stereocenters. The molecule has 0 aliphatic heterocycles. The van der Waals surface area contributed by atoms with Crippen molar-refractivity contribution in [2.75, 3.05) is 30.5 Å². The number of anilines is 2. The van der Waals surface area contributed by atoms with E-state index in [-0.39, 0.29) is 5.91 Å². The number of para-hydroxylation sites is 1. The molecule has 0 radical (unpaired) electrons. The van der Waals surface area contributed by atoms with Gasteiger partial charge in [-0.15, -0.1) is 0 Å². The van der Waals surface area contributed by atoms with E-state index in [1.165, 1.54) is 0 Å². The highest BCUT2D eigenvalue weighted by atomic mass is 32.2. The molecule has 0 aliphatic carbocycles. The van der Waals surface area contributed by atoms with Crippen LogP contribution >= 0.6 is 0 Å². The number of amides is 1. The predicted molar refractivity (Wildman–Crippen MR) is 135 cm³/mol. The number of rotatable bonds is 8. The Labute approximate surface area is 203 Å². The van der Waals surface area contributed by atoms with Gasteiger partial charge in [0.15, 0.2) is 11.5 Å². The van der Waals surface area contributed by atoms with Crippen LogP contribution in [0.5, 0.6) is 11.5 Å². The molecule has 0 spiro atoms. The van der Waals surface area contributed by atoms with Gasteiger partial charge in [0.05, 0.1) is 31.7 Å². The number of carbonyl (C=O) groups excluding carboxylic acids is 1. The number of sulfonamides is 1. The molecule has 0 bridgehead atoms. The molecule has 180 valence electrons. The number of carbonyl (C=O) groups is 1. The topological polar surface area (TPSA) is 112 Å². The Balaban J connectivity index is 1.70. The summed E-state index contributed by atoms with van der Waals surface area (Å²) < 4.78 is 37.6. The summed E-state index contributed by atoms with van der Waals surface area (Å²) in [5, 5.41) is 7.53. The molecule has 0 saturated heterocycles. The highest BCUT2D eigenvalue weighted by molar-refractivity contribution is 7.92. The Morgan fingerprint density at radius 1 is 0.886 bits per heavy atom. The Kier molecular flexibility index (Phi) is 6.74. The number of nitrogens with zero attached hydrogens (tertiary/aromatic N) is 2. The summed E-state index contributed by atoms with van der Waals surface area (Å²) in [4.78, 5) is 13.3. The van der Waals surface area contributed by atoms with Crippen LogP contribution in [0, 0.1) is 0 Å². The van der Waals surface area contributed by atoms with Gasteiger partial charge in [-0.1, -0.05) is 18.2 Å². The third-order valence-corrected chi connectivity index (χ3v) is 5.69. The average Bonchev–Trinajstić information content (AvgIpc) is 3.30. The lowest BCUT2D eigenvalue weighted by Crippen LogP contribution is -2.13. The van der Waals surface area contributed by atoms with Gasteiger partial charge in [0, 0.05) is 23.1 Å². The first-order chi connectivity index (χ1) is 16.8. The molecule has 9 nitrogen and oxygen atoms in total. The fraction of sp³-hybridized carbons (Fsp3) is 0.120. The second-order valence-corrected chi connectivity index (χ2v) is 9.40. The van der Waals surface area contributed by atoms with Crippen LogP contribution in [0.25, 0.3) is 16.9 Å². The fourth-order valence-corrected chi connectivity index (χ4v) is 4.05. The maximum absolute atomic E-state index is 13.3. The minimum Gasteiger partial charge on any atom is -0.493 e. The Hall–Kier alpha value is -4.31. The Morgan fingerprint density at radius 3 is 2.17 bits per heavy atom. The van der Waals surface area contributed by atoms with E-state index in [1.807, 2.05) is 30.3 Å². The van der Waals surface area contributed by atoms with Gasteiger partial charge in [0.25, 0.3) is 5.91 Å². The van der Waals surface area contributed by atoms with Crippen molar-refractivity contribution in [3.8, 4) is 28.4 Å². The van der Waals surface area contributed by atoms with E-state index in [0.717, 1.165) is 11.9 Å². The van der Waals surface area contributed by atoms with Gasteiger partial charge in [0.2, 0.25) is 10.0 Å². The molecule has 4 rings (SSSR count). The maximum Gasteiger partial charge on any atom is 0.259 e. The number of hydrogen-bond acceptors (Lipinski definition) is 6. The molecule has 1 heterocycles. The molecule has 1 amide bonds. The molecular weight excluding hydrogens is 468 g/mol. The number of aromatic nitrogens is 2. The number of ether oxygens (including phenoxy) is 2. The van der Waals surface area contributed by atoms with Crippen LogP contribution in [0.15, 0.2) is 79.0 Å². The predicted octanol–water partition coefficient (Wildman–Crippen LogP) is 4.18. The van der Waals surface area contributed by atoms with Crippen molar-refractivity contribution in [3.05, 3.63) is 84.6 Å². The zero-order valence-electron chi connectivity index (χ0n) is 19.3. The molecular formula is C25H24N4O5S. The van der Waals surface area contributed by atoms with Crippen LogP contribution in [-0.4, -0.2) is 44.6 Å². The fourth-order valence-electron chi connectivity index (χ4n) is 3.48. The first-order valence-electron chi connectivity index (χ1n) is 10.5. The largest absolute Gasteiger partial charge is 0.493 e. The van der Waals surface area contributed by atoms with Gasteiger partial charge in [-0.05, 0) is 54.6 Å². The van der Waals surface area contributed by atoms with Crippen LogP contribution in [0.2, 0.25) is 0 Å². The van der Waals surface area contributed by atoms with Crippen molar-refractivity contribution in [3.63, 3.8) is 0 Å². The molecule has 3 aromatic carbocycles. The van der Waals surface area contributed by atoms with Crippen molar-refractivity contribution in [2.45, 2.75) is 0 Å². The Morgan fingerprint density at radius 2 is 1.54 bits per heavy atom. The molecule has 0 unspecified atom stereocenters. The first kappa shape index (κ1) is 23.8. The van der Waals surface area contributed by atoms with E-state index < -0.39 is 10.0 Å². The lowest BCUT2D eigenvalue weighted by molar-refractivity contribution is 0.102. The van der Waals surface area contributed by atoms with Gasteiger partial charge >= 0.3 is 0 Å². The van der Waals surface area contributed by atoms with Gasteiger partial charge in [0.1, 0.15) is 5.69 Å². The monoisotopic (exact) mass is 492 g/mol. The molecule has 2 N–H and O–H groups in total. The standard InChI is InChI=1S/C25H24N4O5S/c1-33-22-14-9-17(15-23(22)34-2)24-21(16-29(27-24)20-7-5-4-6-8-20)25(30)26-18-10-12-19(13-11-18)28-35(3,31)32/h4-16,28H,1-3H3,(H,26,30). The van der Waals surface area contributed by atoms with Crippen LogP contribution in [0.4, 0.5) is 11.4 Å². The van der Waals surface area contributed by atoms with Gasteiger partial charge in [-0.25, -0.2) is 13.1 Å². The van der Waals surface area contributed by atoms with E-state index in [1.54, 1.807) is 67.6 Å². The summed E-state index contributed by atoms with van der Waals surface area (Å²) in [5.41, 5.74) is 3.18. The van der Waals surface area contributed by atoms with E-state index in [4.69, 9.17) is 9.47 Å². The van der Waals surface area contributed by atoms with Crippen LogP contribution in [0.3, 0.4) is 0 Å². The van der Waals surface area contributed by atoms with Crippen LogP contribution in [-0.2, 0) is 10.0 Å². The third kappa shape index (κ3) is 5.61. The SMILES string of the molecule is COc1ccc(-c2nn(-c3ccccc3)cc2C(=O)Nc2ccc(NS(C)(=O)=O)cc2)cc1OC. The lowest BCUT2D eigenvalue weighted by Gasteiger charge is -2.10. The minimum absolute atomic E-state index is 0.347. The molecule has 0 aliphatic rings. The molecule has 0 fully saturated rings.